The van der Waals surface area contributed by atoms with Gasteiger partial charge in [-0.15, -0.1) is 0 Å². The molecule has 0 heterocycles. The summed E-state index contributed by atoms with van der Waals surface area (Å²) in [6.07, 6.45) is -0.698. The highest BCUT2D eigenvalue weighted by molar-refractivity contribution is 5.34. The summed E-state index contributed by atoms with van der Waals surface area (Å²) in [6.45, 7) is 0. The maximum Gasteiger partial charge on any atom is 0.105 e. The number of rotatable bonds is 0. The van der Waals surface area contributed by atoms with Gasteiger partial charge in [-0.2, -0.15) is 0 Å². The molecule has 11 heavy (non-hydrogen) atoms. The van der Waals surface area contributed by atoms with Crippen LogP contribution in [0.25, 0.3) is 0 Å². The van der Waals surface area contributed by atoms with Crippen LogP contribution in [-0.2, 0) is 6.42 Å². The van der Waals surface area contributed by atoms with E-state index in [1.54, 1.807) is 0 Å². The van der Waals surface area contributed by atoms with Crippen LogP contribution in [0.1, 0.15) is 17.2 Å². The van der Waals surface area contributed by atoms with Gasteiger partial charge >= 0.3 is 0 Å². The number of benzene rings is 1. The molecule has 2 N–H and O–H groups in total. The zero-order valence-corrected chi connectivity index (χ0v) is 6.07. The molecule has 0 aromatic heterocycles. The van der Waals surface area contributed by atoms with Crippen LogP contribution < -0.4 is 0 Å². The third-order valence-corrected chi connectivity index (χ3v) is 2.17. The van der Waals surface area contributed by atoms with Crippen LogP contribution in [0.4, 0.5) is 0 Å². The second-order valence-corrected chi connectivity index (χ2v) is 2.92. The van der Waals surface area contributed by atoms with Crippen molar-refractivity contribution in [2.75, 3.05) is 0 Å². The predicted octanol–water partition coefficient (Wildman–Crippen LogP) is 0.637. The van der Waals surface area contributed by atoms with Crippen molar-refractivity contribution in [3.05, 3.63) is 35.4 Å². The number of hydrogen-bond donors (Lipinski definition) is 2. The average molecular weight is 150 g/mol. The Hall–Kier alpha value is -0.860. The SMILES string of the molecule is OC1c2ccccc2C[C@H]1O. The van der Waals surface area contributed by atoms with E-state index in [1.807, 2.05) is 24.3 Å². The van der Waals surface area contributed by atoms with E-state index in [0.717, 1.165) is 11.1 Å². The molecule has 0 spiro atoms. The Morgan fingerprint density at radius 1 is 1.18 bits per heavy atom. The van der Waals surface area contributed by atoms with E-state index in [0.29, 0.717) is 6.42 Å². The second kappa shape index (κ2) is 2.32. The summed E-state index contributed by atoms with van der Waals surface area (Å²) >= 11 is 0. The van der Waals surface area contributed by atoms with E-state index in [4.69, 9.17) is 0 Å². The third kappa shape index (κ3) is 0.951. The lowest BCUT2D eigenvalue weighted by Crippen LogP contribution is -2.11. The summed E-state index contributed by atoms with van der Waals surface area (Å²) in [7, 11) is 0. The fourth-order valence-electron chi connectivity index (χ4n) is 1.55. The Bertz CT molecular complexity index is 270. The summed E-state index contributed by atoms with van der Waals surface area (Å²) in [5, 5.41) is 18.7. The molecule has 0 aliphatic heterocycles. The van der Waals surface area contributed by atoms with Crippen LogP contribution in [0.3, 0.4) is 0 Å². The van der Waals surface area contributed by atoms with Crippen molar-refractivity contribution in [1.29, 1.82) is 0 Å². The van der Waals surface area contributed by atoms with Gasteiger partial charge in [-0.3, -0.25) is 0 Å². The number of hydrogen-bond acceptors (Lipinski definition) is 2. The molecule has 2 atom stereocenters. The molecular formula is C9H10O2. The molecular weight excluding hydrogens is 140 g/mol. The first kappa shape index (κ1) is 6.83. The maximum absolute atomic E-state index is 9.40. The van der Waals surface area contributed by atoms with Crippen molar-refractivity contribution in [3.8, 4) is 0 Å². The zero-order chi connectivity index (χ0) is 7.84. The smallest absolute Gasteiger partial charge is 0.105 e. The fourth-order valence-corrected chi connectivity index (χ4v) is 1.55. The van der Waals surface area contributed by atoms with Gasteiger partial charge in [-0.05, 0) is 11.1 Å². The van der Waals surface area contributed by atoms with Crippen LogP contribution in [0.15, 0.2) is 24.3 Å². The van der Waals surface area contributed by atoms with Crippen LogP contribution >= 0.6 is 0 Å². The number of aliphatic hydroxyl groups is 2. The zero-order valence-electron chi connectivity index (χ0n) is 6.07. The Labute approximate surface area is 65.1 Å². The van der Waals surface area contributed by atoms with Crippen LogP contribution in [0.5, 0.6) is 0 Å². The van der Waals surface area contributed by atoms with E-state index >= 15 is 0 Å². The Kier molecular flexibility index (Phi) is 1.44. The molecule has 0 saturated heterocycles. The average Bonchev–Trinajstić information content (AvgIpc) is 2.30. The molecule has 1 aliphatic rings. The van der Waals surface area contributed by atoms with Gasteiger partial charge in [0.25, 0.3) is 0 Å². The van der Waals surface area contributed by atoms with Gasteiger partial charge < -0.3 is 10.2 Å². The van der Waals surface area contributed by atoms with E-state index in [-0.39, 0.29) is 0 Å². The van der Waals surface area contributed by atoms with Crippen LogP contribution in [0, 0.1) is 0 Å². The Balaban J connectivity index is 2.47. The van der Waals surface area contributed by atoms with Crippen molar-refractivity contribution in [1.82, 2.24) is 0 Å². The Morgan fingerprint density at radius 2 is 1.91 bits per heavy atom. The molecule has 1 aromatic rings. The van der Waals surface area contributed by atoms with Crippen molar-refractivity contribution >= 4 is 0 Å². The minimum absolute atomic E-state index is 0.581. The van der Waals surface area contributed by atoms with Crippen molar-refractivity contribution in [2.24, 2.45) is 0 Å². The molecule has 2 heteroatoms. The summed E-state index contributed by atoms with van der Waals surface area (Å²) in [5.41, 5.74) is 1.94. The molecule has 1 aromatic carbocycles. The molecule has 0 bridgehead atoms. The van der Waals surface area contributed by atoms with Gasteiger partial charge in [0.05, 0.1) is 6.10 Å². The summed E-state index contributed by atoms with van der Waals surface area (Å²) in [6, 6.07) is 7.59. The quantitative estimate of drug-likeness (QED) is 0.569. The predicted molar refractivity (Wildman–Crippen MR) is 41.1 cm³/mol. The van der Waals surface area contributed by atoms with Gasteiger partial charge in [-0.25, -0.2) is 0 Å². The molecule has 0 fully saturated rings. The molecule has 2 rings (SSSR count). The summed E-state index contributed by atoms with van der Waals surface area (Å²) in [4.78, 5) is 0. The minimum Gasteiger partial charge on any atom is -0.390 e. The molecule has 2 nitrogen and oxygen atoms in total. The number of aliphatic hydroxyl groups excluding tert-OH is 2. The number of fused-ring (bicyclic) bond motifs is 1. The molecule has 58 valence electrons. The topological polar surface area (TPSA) is 40.5 Å². The second-order valence-electron chi connectivity index (χ2n) is 2.92. The largest absolute Gasteiger partial charge is 0.390 e. The minimum atomic E-state index is -0.675. The van der Waals surface area contributed by atoms with Gasteiger partial charge in [0.2, 0.25) is 0 Å². The fraction of sp³-hybridized carbons (Fsp3) is 0.333. The maximum atomic E-state index is 9.40. The van der Waals surface area contributed by atoms with Crippen LogP contribution in [-0.4, -0.2) is 16.3 Å². The first-order chi connectivity index (χ1) is 5.29. The molecule has 0 saturated carbocycles. The third-order valence-electron chi connectivity index (χ3n) is 2.17. The first-order valence-electron chi connectivity index (χ1n) is 3.73. The normalized spacial score (nSPS) is 28.5. The van der Waals surface area contributed by atoms with Gasteiger partial charge in [0.1, 0.15) is 6.10 Å². The van der Waals surface area contributed by atoms with Gasteiger partial charge in [0, 0.05) is 6.42 Å². The highest BCUT2D eigenvalue weighted by Gasteiger charge is 2.28. The molecule has 1 unspecified atom stereocenters. The van der Waals surface area contributed by atoms with Crippen molar-refractivity contribution in [3.63, 3.8) is 0 Å². The van der Waals surface area contributed by atoms with Gasteiger partial charge in [-0.1, -0.05) is 24.3 Å². The molecule has 0 radical (unpaired) electrons. The lowest BCUT2D eigenvalue weighted by molar-refractivity contribution is 0.0326. The molecule has 1 aliphatic carbocycles. The monoisotopic (exact) mass is 150 g/mol. The van der Waals surface area contributed by atoms with Crippen LogP contribution in [0.2, 0.25) is 0 Å². The first-order valence-corrected chi connectivity index (χ1v) is 3.73. The highest BCUT2D eigenvalue weighted by atomic mass is 16.3. The highest BCUT2D eigenvalue weighted by Crippen LogP contribution is 2.30. The van der Waals surface area contributed by atoms with Crippen molar-refractivity contribution in [2.45, 2.75) is 18.6 Å². The lowest BCUT2D eigenvalue weighted by Gasteiger charge is -2.06. The Morgan fingerprint density at radius 3 is 2.64 bits per heavy atom. The summed E-state index contributed by atoms with van der Waals surface area (Å²) < 4.78 is 0. The summed E-state index contributed by atoms with van der Waals surface area (Å²) in [5.74, 6) is 0. The van der Waals surface area contributed by atoms with E-state index < -0.39 is 12.2 Å². The van der Waals surface area contributed by atoms with Gasteiger partial charge in [0.15, 0.2) is 0 Å². The lowest BCUT2D eigenvalue weighted by atomic mass is 10.1. The van der Waals surface area contributed by atoms with Crippen molar-refractivity contribution < 1.29 is 10.2 Å². The standard InChI is InChI=1S/C9H10O2/c10-8-5-6-3-1-2-4-7(6)9(8)11/h1-4,8-11H,5H2/t8-,9?/m1/s1. The van der Waals surface area contributed by atoms with E-state index in [2.05, 4.69) is 0 Å². The molecule has 0 amide bonds. The van der Waals surface area contributed by atoms with E-state index in [1.165, 1.54) is 0 Å². The van der Waals surface area contributed by atoms with E-state index in [9.17, 15) is 10.2 Å².